The molecule has 7 heteroatoms. The topological polar surface area (TPSA) is 32.3 Å². The lowest BCUT2D eigenvalue weighted by Gasteiger charge is -2.12. The van der Waals surface area contributed by atoms with Crippen LogP contribution in [0.25, 0.3) is 0 Å². The van der Waals surface area contributed by atoms with Gasteiger partial charge in [0, 0.05) is 10.2 Å². The number of alkyl halides is 3. The minimum Gasteiger partial charge on any atom is -0.506 e. The number of hydrogen-bond donors (Lipinski definition) is 2. The highest BCUT2D eigenvalue weighted by Crippen LogP contribution is 2.34. The molecule has 0 aromatic heterocycles. The number of nitrogens with one attached hydrogen (secondary N) is 1. The average Bonchev–Trinajstić information content (AvgIpc) is 2.32. The number of hydrogen-bond acceptors (Lipinski definition) is 2. The van der Waals surface area contributed by atoms with Gasteiger partial charge in [0.15, 0.2) is 0 Å². The predicted octanol–water partition coefficient (Wildman–Crippen LogP) is 5.06. The lowest BCUT2D eigenvalue weighted by molar-refractivity contribution is -0.139. The second-order valence-electron chi connectivity index (χ2n) is 3.98. The lowest BCUT2D eigenvalue weighted by atomic mass is 10.1. The third kappa shape index (κ3) is 3.22. The number of phenolic OH excluding ortho intramolecular Hbond substituents is 1. The molecule has 0 amide bonds. The van der Waals surface area contributed by atoms with Gasteiger partial charge in [-0.15, -0.1) is 0 Å². The maximum Gasteiger partial charge on any atom is 0.419 e. The van der Waals surface area contributed by atoms with Crippen molar-refractivity contribution in [3.8, 4) is 5.75 Å². The van der Waals surface area contributed by atoms with Crippen molar-refractivity contribution in [1.82, 2.24) is 0 Å². The SMILES string of the molecule is Oc1ccc(Br)cc1Nc1ccc(C(F)(F)F)c(F)c1. The van der Waals surface area contributed by atoms with Crippen LogP contribution >= 0.6 is 15.9 Å². The molecule has 0 unspecified atom stereocenters. The van der Waals surface area contributed by atoms with Crippen LogP contribution in [0.5, 0.6) is 5.75 Å². The Kier molecular flexibility index (Phi) is 3.89. The van der Waals surface area contributed by atoms with E-state index in [1.807, 2.05) is 0 Å². The number of halogens is 5. The largest absolute Gasteiger partial charge is 0.506 e. The van der Waals surface area contributed by atoms with Crippen LogP contribution in [-0.4, -0.2) is 5.11 Å². The van der Waals surface area contributed by atoms with Gasteiger partial charge in [0.2, 0.25) is 0 Å². The second-order valence-corrected chi connectivity index (χ2v) is 4.89. The van der Waals surface area contributed by atoms with E-state index in [9.17, 15) is 22.7 Å². The van der Waals surface area contributed by atoms with E-state index in [-0.39, 0.29) is 17.1 Å². The number of benzene rings is 2. The minimum atomic E-state index is -4.74. The van der Waals surface area contributed by atoms with Gasteiger partial charge >= 0.3 is 6.18 Å². The van der Waals surface area contributed by atoms with Gasteiger partial charge in [-0.25, -0.2) is 4.39 Å². The van der Waals surface area contributed by atoms with Crippen molar-refractivity contribution in [1.29, 1.82) is 0 Å². The Hall–Kier alpha value is -1.76. The Bertz CT molecular complexity index is 643. The first-order valence-electron chi connectivity index (χ1n) is 5.39. The van der Waals surface area contributed by atoms with E-state index in [4.69, 9.17) is 0 Å². The molecule has 0 saturated carbocycles. The van der Waals surface area contributed by atoms with Gasteiger partial charge in [0.25, 0.3) is 0 Å². The summed E-state index contributed by atoms with van der Waals surface area (Å²) in [6, 6.07) is 6.97. The Balaban J connectivity index is 2.31. The summed E-state index contributed by atoms with van der Waals surface area (Å²) < 4.78 is 51.3. The van der Waals surface area contributed by atoms with Crippen LogP contribution in [-0.2, 0) is 6.18 Å². The monoisotopic (exact) mass is 349 g/mol. The van der Waals surface area contributed by atoms with E-state index in [0.717, 1.165) is 12.1 Å². The molecule has 2 aromatic carbocycles. The fourth-order valence-corrected chi connectivity index (χ4v) is 1.95. The van der Waals surface area contributed by atoms with Crippen molar-refractivity contribution >= 4 is 27.3 Å². The summed E-state index contributed by atoms with van der Waals surface area (Å²) in [4.78, 5) is 0. The zero-order valence-corrected chi connectivity index (χ0v) is 11.4. The molecule has 2 N–H and O–H groups in total. The summed E-state index contributed by atoms with van der Waals surface area (Å²) in [6.45, 7) is 0. The summed E-state index contributed by atoms with van der Waals surface area (Å²) in [5.41, 5.74) is -0.982. The van der Waals surface area contributed by atoms with E-state index in [1.165, 1.54) is 12.1 Å². The molecule has 106 valence electrons. The van der Waals surface area contributed by atoms with Crippen LogP contribution in [0.15, 0.2) is 40.9 Å². The molecule has 2 aromatic rings. The molecule has 0 radical (unpaired) electrons. The van der Waals surface area contributed by atoms with Crippen molar-refractivity contribution < 1.29 is 22.7 Å². The van der Waals surface area contributed by atoms with Gasteiger partial charge in [-0.2, -0.15) is 13.2 Å². The molecule has 0 saturated heterocycles. The molecule has 2 nitrogen and oxygen atoms in total. The van der Waals surface area contributed by atoms with Gasteiger partial charge in [-0.1, -0.05) is 15.9 Å². The van der Waals surface area contributed by atoms with Crippen LogP contribution in [0, 0.1) is 5.82 Å². The summed E-state index contributed by atoms with van der Waals surface area (Å²) in [5.74, 6) is -1.48. The van der Waals surface area contributed by atoms with E-state index in [2.05, 4.69) is 21.2 Å². The summed E-state index contributed by atoms with van der Waals surface area (Å²) in [5, 5.41) is 12.2. The summed E-state index contributed by atoms with van der Waals surface area (Å²) >= 11 is 3.19. The maximum atomic E-state index is 13.4. The van der Waals surface area contributed by atoms with Crippen molar-refractivity contribution in [2.24, 2.45) is 0 Å². The molecular formula is C13H8BrF4NO. The van der Waals surface area contributed by atoms with Crippen molar-refractivity contribution in [3.63, 3.8) is 0 Å². The first-order chi connectivity index (χ1) is 9.27. The van der Waals surface area contributed by atoms with Gasteiger partial charge in [0.1, 0.15) is 11.6 Å². The zero-order valence-electron chi connectivity index (χ0n) is 9.80. The number of phenols is 1. The molecular weight excluding hydrogens is 342 g/mol. The average molecular weight is 350 g/mol. The standard InChI is InChI=1S/C13H8BrF4NO/c14-7-1-4-12(20)11(5-7)19-8-2-3-9(10(15)6-8)13(16,17)18/h1-6,19-20H. The molecule has 0 bridgehead atoms. The molecule has 2 rings (SSSR count). The summed E-state index contributed by atoms with van der Waals surface area (Å²) in [6.07, 6.45) is -4.74. The molecule has 20 heavy (non-hydrogen) atoms. The van der Waals surface area contributed by atoms with E-state index >= 15 is 0 Å². The fourth-order valence-electron chi connectivity index (χ4n) is 1.59. The highest BCUT2D eigenvalue weighted by molar-refractivity contribution is 9.10. The fraction of sp³-hybridized carbons (Fsp3) is 0.0769. The Labute approximate surface area is 120 Å². The van der Waals surface area contributed by atoms with Crippen LogP contribution < -0.4 is 5.32 Å². The summed E-state index contributed by atoms with van der Waals surface area (Å²) in [7, 11) is 0. The molecule has 0 aliphatic rings. The number of rotatable bonds is 2. The first-order valence-corrected chi connectivity index (χ1v) is 6.19. The van der Waals surface area contributed by atoms with Crippen LogP contribution in [0.3, 0.4) is 0 Å². The zero-order chi connectivity index (χ0) is 14.9. The first kappa shape index (κ1) is 14.6. The normalized spacial score (nSPS) is 11.4. The van der Waals surface area contributed by atoms with Crippen LogP contribution in [0.2, 0.25) is 0 Å². The lowest BCUT2D eigenvalue weighted by Crippen LogP contribution is -2.08. The van der Waals surface area contributed by atoms with Gasteiger partial charge in [-0.05, 0) is 36.4 Å². The molecule has 0 heterocycles. The Morgan fingerprint density at radius 3 is 2.35 bits per heavy atom. The van der Waals surface area contributed by atoms with Gasteiger partial charge in [0.05, 0.1) is 11.3 Å². The number of anilines is 2. The molecule has 0 atom stereocenters. The molecule has 0 spiro atoms. The Morgan fingerprint density at radius 1 is 1.05 bits per heavy atom. The molecule has 0 fully saturated rings. The van der Waals surface area contributed by atoms with E-state index < -0.39 is 17.6 Å². The Morgan fingerprint density at radius 2 is 1.75 bits per heavy atom. The second kappa shape index (κ2) is 5.32. The van der Waals surface area contributed by atoms with Crippen LogP contribution in [0.1, 0.15) is 5.56 Å². The van der Waals surface area contributed by atoms with E-state index in [1.54, 1.807) is 6.07 Å². The van der Waals surface area contributed by atoms with Crippen molar-refractivity contribution in [2.45, 2.75) is 6.18 Å². The van der Waals surface area contributed by atoms with Gasteiger partial charge < -0.3 is 10.4 Å². The quantitative estimate of drug-likeness (QED) is 0.586. The minimum absolute atomic E-state index is 0.101. The number of aromatic hydroxyl groups is 1. The third-order valence-electron chi connectivity index (χ3n) is 2.51. The van der Waals surface area contributed by atoms with Crippen molar-refractivity contribution in [2.75, 3.05) is 5.32 Å². The van der Waals surface area contributed by atoms with E-state index in [0.29, 0.717) is 10.5 Å². The predicted molar refractivity (Wildman–Crippen MR) is 70.5 cm³/mol. The van der Waals surface area contributed by atoms with Crippen LogP contribution in [0.4, 0.5) is 28.9 Å². The highest BCUT2D eigenvalue weighted by atomic mass is 79.9. The van der Waals surface area contributed by atoms with Crippen molar-refractivity contribution in [3.05, 3.63) is 52.3 Å². The molecule has 0 aliphatic heterocycles. The third-order valence-corrected chi connectivity index (χ3v) is 3.01. The smallest absolute Gasteiger partial charge is 0.419 e. The maximum absolute atomic E-state index is 13.4. The van der Waals surface area contributed by atoms with Gasteiger partial charge in [-0.3, -0.25) is 0 Å². The molecule has 0 aliphatic carbocycles. The highest BCUT2D eigenvalue weighted by Gasteiger charge is 2.33.